The van der Waals surface area contributed by atoms with Crippen LogP contribution in [-0.4, -0.2) is 29.6 Å². The number of anilines is 1. The van der Waals surface area contributed by atoms with Crippen LogP contribution in [0.1, 0.15) is 12.4 Å². The van der Waals surface area contributed by atoms with E-state index in [2.05, 4.69) is 15.3 Å². The molecular weight excluding hydrogens is 404 g/mol. The average molecular weight is 427 g/mol. The van der Waals surface area contributed by atoms with Gasteiger partial charge >= 0.3 is 5.69 Å². The quantitative estimate of drug-likeness (QED) is 0.538. The third kappa shape index (κ3) is 3.69. The first kappa shape index (κ1) is 21.2. The van der Waals surface area contributed by atoms with Crippen LogP contribution in [0.4, 0.5) is 5.69 Å². The van der Waals surface area contributed by atoms with Crippen LogP contribution < -0.4 is 16.6 Å². The normalized spacial score (nSPS) is 10.8. The molecule has 4 aromatic rings. The molecule has 0 saturated carbocycles. The van der Waals surface area contributed by atoms with Crippen molar-refractivity contribution in [1.29, 1.82) is 0 Å². The van der Waals surface area contributed by atoms with Crippen LogP contribution in [0.5, 0.6) is 0 Å². The summed E-state index contributed by atoms with van der Waals surface area (Å²) in [5.41, 5.74) is 2.00. The molecule has 3 aromatic heterocycles. The van der Waals surface area contributed by atoms with E-state index in [0.29, 0.717) is 5.69 Å². The number of nitrogens with one attached hydrogen (secondary N) is 1. The lowest BCUT2D eigenvalue weighted by Gasteiger charge is -2.08. The summed E-state index contributed by atoms with van der Waals surface area (Å²) < 4.78 is 3.72. The van der Waals surface area contributed by atoms with E-state index in [1.54, 1.807) is 23.5 Å². The monoisotopic (exact) mass is 426 g/mol. The van der Waals surface area contributed by atoms with Gasteiger partial charge in [0.15, 0.2) is 11.2 Å². The standard InChI is InChI=1S/C19H18N6O3S.CH4/c1-11-21-14(9-29-11)12-4-6-13(7-5-12)22-15(26)8-25-10-20-17-16(25)18(27)24(3)19(28)23(17)2;/h4-7,9-10H,8H2,1-3H3,(H,22,26);1H4. The van der Waals surface area contributed by atoms with Crippen LogP contribution in [-0.2, 0) is 25.4 Å². The number of hydrogen-bond acceptors (Lipinski definition) is 6. The molecule has 156 valence electrons. The van der Waals surface area contributed by atoms with Crippen molar-refractivity contribution in [2.24, 2.45) is 14.1 Å². The smallest absolute Gasteiger partial charge is 0.325 e. The SMILES string of the molecule is C.Cc1nc(-c2ccc(NC(=O)Cn3cnc4c3c(=O)n(C)c(=O)n4C)cc2)cs1. The van der Waals surface area contributed by atoms with Crippen molar-refractivity contribution >= 4 is 34.1 Å². The summed E-state index contributed by atoms with van der Waals surface area (Å²) in [4.78, 5) is 45.5. The van der Waals surface area contributed by atoms with Crippen molar-refractivity contribution < 1.29 is 4.79 Å². The van der Waals surface area contributed by atoms with Crippen LogP contribution in [0.2, 0.25) is 0 Å². The van der Waals surface area contributed by atoms with E-state index in [1.165, 1.54) is 29.6 Å². The molecular formula is C20H22N6O3S. The Hall–Kier alpha value is -3.53. The van der Waals surface area contributed by atoms with E-state index in [1.807, 2.05) is 24.4 Å². The van der Waals surface area contributed by atoms with E-state index in [9.17, 15) is 14.4 Å². The molecule has 1 amide bonds. The molecule has 0 atom stereocenters. The van der Waals surface area contributed by atoms with Crippen LogP contribution >= 0.6 is 11.3 Å². The van der Waals surface area contributed by atoms with Gasteiger partial charge in [-0.2, -0.15) is 0 Å². The maximum atomic E-state index is 12.5. The number of carbonyl (C=O) groups excluding carboxylic acids is 1. The molecule has 0 unspecified atom stereocenters. The number of carbonyl (C=O) groups is 1. The summed E-state index contributed by atoms with van der Waals surface area (Å²) in [7, 11) is 2.93. The van der Waals surface area contributed by atoms with Crippen molar-refractivity contribution in [1.82, 2.24) is 23.7 Å². The molecule has 0 aliphatic carbocycles. The third-order valence-electron chi connectivity index (χ3n) is 4.61. The number of nitrogens with zero attached hydrogens (tertiary/aromatic N) is 5. The molecule has 3 heterocycles. The molecule has 0 bridgehead atoms. The maximum Gasteiger partial charge on any atom is 0.332 e. The molecule has 9 nitrogen and oxygen atoms in total. The molecule has 30 heavy (non-hydrogen) atoms. The zero-order valence-electron chi connectivity index (χ0n) is 16.0. The van der Waals surface area contributed by atoms with Gasteiger partial charge in [0.2, 0.25) is 5.91 Å². The van der Waals surface area contributed by atoms with Crippen LogP contribution in [0.15, 0.2) is 45.6 Å². The summed E-state index contributed by atoms with van der Waals surface area (Å²) in [5, 5.41) is 5.79. The molecule has 0 radical (unpaired) electrons. The summed E-state index contributed by atoms with van der Waals surface area (Å²) in [5.74, 6) is -0.308. The van der Waals surface area contributed by atoms with Gasteiger partial charge in [-0.3, -0.25) is 18.7 Å². The summed E-state index contributed by atoms with van der Waals surface area (Å²) in [6, 6.07) is 7.39. The Morgan fingerprint density at radius 3 is 2.47 bits per heavy atom. The van der Waals surface area contributed by atoms with E-state index >= 15 is 0 Å². The number of thiazole rings is 1. The minimum absolute atomic E-state index is 0. The van der Waals surface area contributed by atoms with Gasteiger partial charge in [0, 0.05) is 30.7 Å². The highest BCUT2D eigenvalue weighted by molar-refractivity contribution is 7.09. The Balaban J connectivity index is 0.00000256. The fraction of sp³-hybridized carbons (Fsp3) is 0.250. The number of amides is 1. The van der Waals surface area contributed by atoms with Gasteiger partial charge < -0.3 is 9.88 Å². The highest BCUT2D eigenvalue weighted by Gasteiger charge is 2.16. The molecule has 0 spiro atoms. The fourth-order valence-corrected chi connectivity index (χ4v) is 3.71. The summed E-state index contributed by atoms with van der Waals surface area (Å²) in [6.45, 7) is 1.85. The van der Waals surface area contributed by atoms with E-state index in [4.69, 9.17) is 0 Å². The number of aromatic nitrogens is 5. The second-order valence-electron chi connectivity index (χ2n) is 6.63. The number of fused-ring (bicyclic) bond motifs is 1. The Labute approximate surface area is 176 Å². The van der Waals surface area contributed by atoms with E-state index in [-0.39, 0.29) is 31.0 Å². The van der Waals surface area contributed by atoms with Gasteiger partial charge in [0.25, 0.3) is 5.56 Å². The Kier molecular flexibility index (Phi) is 5.70. The lowest BCUT2D eigenvalue weighted by Crippen LogP contribution is -2.37. The first-order valence-electron chi connectivity index (χ1n) is 8.78. The maximum absolute atomic E-state index is 12.5. The molecule has 1 aromatic carbocycles. The molecule has 4 rings (SSSR count). The number of hydrogen-bond donors (Lipinski definition) is 1. The highest BCUT2D eigenvalue weighted by Crippen LogP contribution is 2.23. The third-order valence-corrected chi connectivity index (χ3v) is 5.39. The lowest BCUT2D eigenvalue weighted by molar-refractivity contribution is -0.116. The Bertz CT molecular complexity index is 1340. The number of rotatable bonds is 4. The predicted molar refractivity (Wildman–Crippen MR) is 118 cm³/mol. The molecule has 0 aliphatic rings. The van der Waals surface area contributed by atoms with Gasteiger partial charge in [0.05, 0.1) is 17.0 Å². The first-order chi connectivity index (χ1) is 13.8. The van der Waals surface area contributed by atoms with Gasteiger partial charge in [-0.05, 0) is 19.1 Å². The van der Waals surface area contributed by atoms with Gasteiger partial charge in [0.1, 0.15) is 6.54 Å². The molecule has 1 N–H and O–H groups in total. The van der Waals surface area contributed by atoms with Crippen LogP contribution in [0, 0.1) is 6.92 Å². The Morgan fingerprint density at radius 1 is 1.13 bits per heavy atom. The van der Waals surface area contributed by atoms with Crippen molar-refractivity contribution in [3.05, 3.63) is 61.8 Å². The summed E-state index contributed by atoms with van der Waals surface area (Å²) >= 11 is 1.58. The van der Waals surface area contributed by atoms with Crippen molar-refractivity contribution in [3.8, 4) is 11.3 Å². The van der Waals surface area contributed by atoms with Crippen LogP contribution in [0.25, 0.3) is 22.4 Å². The zero-order valence-corrected chi connectivity index (χ0v) is 16.9. The highest BCUT2D eigenvalue weighted by atomic mass is 32.1. The second kappa shape index (κ2) is 8.07. The molecule has 0 fully saturated rings. The van der Waals surface area contributed by atoms with Crippen molar-refractivity contribution in [3.63, 3.8) is 0 Å². The van der Waals surface area contributed by atoms with Gasteiger partial charge in [-0.1, -0.05) is 19.6 Å². The van der Waals surface area contributed by atoms with E-state index < -0.39 is 11.2 Å². The summed E-state index contributed by atoms with van der Waals surface area (Å²) in [6.07, 6.45) is 1.39. The predicted octanol–water partition coefficient (Wildman–Crippen LogP) is 2.14. The molecule has 0 aliphatic heterocycles. The largest absolute Gasteiger partial charge is 0.332 e. The first-order valence-corrected chi connectivity index (χ1v) is 9.66. The molecule has 0 saturated heterocycles. The second-order valence-corrected chi connectivity index (χ2v) is 7.69. The Morgan fingerprint density at radius 2 is 1.83 bits per heavy atom. The van der Waals surface area contributed by atoms with E-state index in [0.717, 1.165) is 20.8 Å². The minimum atomic E-state index is -0.490. The fourth-order valence-electron chi connectivity index (χ4n) is 3.09. The topological polar surface area (TPSA) is 104 Å². The number of benzene rings is 1. The minimum Gasteiger partial charge on any atom is -0.325 e. The zero-order chi connectivity index (χ0) is 20.7. The average Bonchev–Trinajstić information content (AvgIpc) is 3.32. The number of imidazole rings is 1. The van der Waals surface area contributed by atoms with Crippen LogP contribution in [0.3, 0.4) is 0 Å². The molecule has 10 heteroatoms. The van der Waals surface area contributed by atoms with Gasteiger partial charge in [-0.15, -0.1) is 11.3 Å². The van der Waals surface area contributed by atoms with Gasteiger partial charge in [-0.25, -0.2) is 14.8 Å². The number of aryl methyl sites for hydroxylation is 2. The van der Waals surface area contributed by atoms with Crippen molar-refractivity contribution in [2.75, 3.05) is 5.32 Å². The lowest BCUT2D eigenvalue weighted by atomic mass is 10.1. The van der Waals surface area contributed by atoms with Crippen molar-refractivity contribution in [2.45, 2.75) is 20.9 Å².